The van der Waals surface area contributed by atoms with E-state index < -0.39 is 57.9 Å². The van der Waals surface area contributed by atoms with E-state index in [0.717, 1.165) is 59.5 Å². The molecule has 8 amide bonds. The van der Waals surface area contributed by atoms with Gasteiger partial charge in [0.25, 0.3) is 47.8 Å². The Bertz CT molecular complexity index is 6430. The molecule has 698 valence electrons. The molecule has 0 atom stereocenters. The van der Waals surface area contributed by atoms with Crippen LogP contribution in [-0.2, 0) is 62.4 Å². The Labute approximate surface area is 758 Å². The molecule has 4 saturated heterocycles. The van der Waals surface area contributed by atoms with Crippen molar-refractivity contribution in [1.29, 1.82) is 0 Å². The van der Waals surface area contributed by atoms with Crippen LogP contribution in [0, 0.1) is 0 Å². The highest BCUT2D eigenvalue weighted by molar-refractivity contribution is 7.90. The second-order valence-electron chi connectivity index (χ2n) is 32.5. The molecule has 8 N–H and O–H groups in total. The molecule has 0 unspecified atom stereocenters. The lowest BCUT2D eigenvalue weighted by Crippen LogP contribution is -2.41. The number of benzene rings is 8. The van der Waals surface area contributed by atoms with Crippen LogP contribution >= 0.6 is 0 Å². The molecule has 0 spiro atoms. The molecule has 18 rings (SSSR count). The lowest BCUT2D eigenvalue weighted by molar-refractivity contribution is -0.137. The Balaban J connectivity index is 0.000000136. The Morgan fingerprint density at radius 1 is 0.444 bits per heavy atom. The molecule has 0 radical (unpaired) electrons. The van der Waals surface area contributed by atoms with Crippen molar-refractivity contribution in [3.63, 3.8) is 0 Å². The number of carbonyl (C=O) groups excluding carboxylic acids is 8. The van der Waals surface area contributed by atoms with E-state index in [-0.39, 0.29) is 114 Å². The van der Waals surface area contributed by atoms with Gasteiger partial charge in [0.2, 0.25) is 23.8 Å². The van der Waals surface area contributed by atoms with Crippen molar-refractivity contribution < 1.29 is 108 Å². The standard InChI is InChI=1S/C25H25F3N4O4.C25H28N4O6S.C22H22F2N4O4.C21H22N4O4/c26-25(27,28)16-3-1-2-15(12-16)23(35)30-24-29-20-13-18(31-10-11-36-14-22(31)34)6-9-21(20)32(24)17-4-7-19(33)8-5-17;1-36(33,34)20-4-2-3-16(13-20)24(32)27-25-26-21-14-18(28-11-12-35-15-23(28)31)7-10-22(21)29(25)17-5-8-19(30)9-6-17;23-19(24)14-4-1-5-15(12-14)20(30)26-21-25-17-13-16(27-9-3-11-32-22(27)31)6-7-18(17)28(21)8-2-10-29;26-11-4-9-25-18-8-7-16(24-10-12-29-14-19(24)27)13-17(18)22-21(25)23-20(28)15-5-2-1-3-6-15/h1-3,6,9,12-13,17,19,33H,4-5,7-8,10-11,14H2,(H,29,30,35);2-4,7,10,13-14,17,19,30H,5-6,8-9,11-12,15H2,1H3,(H,26,27,32);1,4-7,12-13,19,29H,2-3,8-11H2,(H,25,26,30);1-3,5-8,13,26H,4,9-12,14H2,(H,22,23,28). The minimum absolute atomic E-state index is 0.00479. The first-order valence-electron chi connectivity index (χ1n) is 43.4. The number of nitrogens with zero attached hydrogens (tertiary/aromatic N) is 12. The highest BCUT2D eigenvalue weighted by atomic mass is 32.2. The van der Waals surface area contributed by atoms with Crippen LogP contribution < -0.4 is 40.9 Å². The van der Waals surface area contributed by atoms with Crippen molar-refractivity contribution in [2.24, 2.45) is 0 Å². The van der Waals surface area contributed by atoms with Gasteiger partial charge in [0.15, 0.2) is 9.84 Å². The number of imidazole rings is 4. The highest BCUT2D eigenvalue weighted by Crippen LogP contribution is 2.40. The molecule has 0 bridgehead atoms. The maximum Gasteiger partial charge on any atom is 0.416 e. The summed E-state index contributed by atoms with van der Waals surface area (Å²) in [5.74, 6) is -1.22. The number of aliphatic hydroxyl groups is 4. The first-order chi connectivity index (χ1) is 64.0. The smallest absolute Gasteiger partial charge is 0.416 e. The summed E-state index contributed by atoms with van der Waals surface area (Å²) in [6.45, 7) is 4.59. The van der Waals surface area contributed by atoms with E-state index in [1.165, 1.54) is 53.4 Å². The van der Waals surface area contributed by atoms with Gasteiger partial charge < -0.3 is 72.3 Å². The van der Waals surface area contributed by atoms with E-state index in [1.54, 1.807) is 79.9 Å². The van der Waals surface area contributed by atoms with Crippen LogP contribution in [-0.4, -0.2) is 219 Å². The summed E-state index contributed by atoms with van der Waals surface area (Å²) in [5.41, 5.74) is 7.67. The third-order valence-electron chi connectivity index (χ3n) is 23.4. The predicted molar refractivity (Wildman–Crippen MR) is 483 cm³/mol. The number of anilines is 8. The second kappa shape index (κ2) is 42.0. The van der Waals surface area contributed by atoms with Crippen molar-refractivity contribution >= 4 is 148 Å². The molecule has 133 heavy (non-hydrogen) atoms. The molecule has 8 heterocycles. The minimum Gasteiger partial charge on any atom is -0.449 e. The highest BCUT2D eigenvalue weighted by Gasteiger charge is 2.35. The van der Waals surface area contributed by atoms with Crippen molar-refractivity contribution in [3.8, 4) is 0 Å². The number of cyclic esters (lactones) is 1. The number of sulfone groups is 1. The minimum atomic E-state index is -4.57. The van der Waals surface area contributed by atoms with Gasteiger partial charge in [0.05, 0.1) is 93.2 Å². The quantitative estimate of drug-likeness (QED) is 0.0292. The summed E-state index contributed by atoms with van der Waals surface area (Å²) < 4.78 is 118. The van der Waals surface area contributed by atoms with Crippen molar-refractivity contribution in [2.75, 3.05) is 133 Å². The third-order valence-corrected chi connectivity index (χ3v) is 24.6. The molecular formula is C93H97F5N16O18S. The molecule has 2 aliphatic carbocycles. The number of nitrogens with one attached hydrogen (secondary N) is 4. The number of alkyl halides is 5. The number of hydrogen-bond acceptors (Lipinski definition) is 22. The van der Waals surface area contributed by atoms with Crippen molar-refractivity contribution in [3.05, 3.63) is 209 Å². The maximum absolute atomic E-state index is 13.2. The first kappa shape index (κ1) is 94.2. The summed E-state index contributed by atoms with van der Waals surface area (Å²) in [7, 11) is -3.47. The fraction of sp³-hybridized carbons (Fsp3) is 0.355. The number of halogens is 5. The topological polar surface area (TPSA) is 421 Å². The number of amides is 8. The van der Waals surface area contributed by atoms with Gasteiger partial charge in [0, 0.05) is 121 Å². The summed E-state index contributed by atoms with van der Waals surface area (Å²) in [6, 6.07) is 46.0. The zero-order valence-electron chi connectivity index (χ0n) is 72.2. The van der Waals surface area contributed by atoms with E-state index in [2.05, 4.69) is 36.2 Å². The largest absolute Gasteiger partial charge is 0.449 e. The van der Waals surface area contributed by atoms with Crippen molar-refractivity contribution in [2.45, 2.75) is 126 Å². The number of aryl methyl sites for hydroxylation is 2. The number of aromatic nitrogens is 8. The van der Waals surface area contributed by atoms with Crippen LogP contribution in [0.5, 0.6) is 0 Å². The normalized spacial score (nSPS) is 17.9. The number of ether oxygens (including phenoxy) is 4. The Hall–Kier alpha value is -13.5. The van der Waals surface area contributed by atoms with Gasteiger partial charge in [-0.05, 0) is 204 Å². The van der Waals surface area contributed by atoms with Gasteiger partial charge in [-0.15, -0.1) is 0 Å². The van der Waals surface area contributed by atoms with Crippen LogP contribution in [0.3, 0.4) is 0 Å². The molecule has 12 aromatic rings. The van der Waals surface area contributed by atoms with Gasteiger partial charge in [-0.2, -0.15) is 13.2 Å². The number of carbonyl (C=O) groups is 8. The summed E-state index contributed by atoms with van der Waals surface area (Å²) >= 11 is 0. The van der Waals surface area contributed by atoms with Crippen molar-refractivity contribution in [1.82, 2.24) is 38.2 Å². The zero-order chi connectivity index (χ0) is 93.8. The average molecular weight is 1850 g/mol. The number of hydrogen-bond donors (Lipinski definition) is 8. The monoisotopic (exact) mass is 1850 g/mol. The number of rotatable bonds is 22. The van der Waals surface area contributed by atoms with E-state index in [0.29, 0.717) is 186 Å². The maximum atomic E-state index is 13.2. The Morgan fingerprint density at radius 3 is 1.25 bits per heavy atom. The van der Waals surface area contributed by atoms with E-state index >= 15 is 0 Å². The Kier molecular flexibility index (Phi) is 29.7. The number of morpholine rings is 3. The van der Waals surface area contributed by atoms with E-state index in [4.69, 9.17) is 23.9 Å². The fourth-order valence-corrected chi connectivity index (χ4v) is 17.4. The number of fused-ring (bicyclic) bond motifs is 4. The van der Waals surface area contributed by atoms with Gasteiger partial charge in [-0.25, -0.2) is 41.9 Å². The van der Waals surface area contributed by atoms with E-state index in [1.807, 2.05) is 62.2 Å². The Morgan fingerprint density at radius 2 is 0.827 bits per heavy atom. The molecule has 40 heteroatoms. The lowest BCUT2D eigenvalue weighted by atomic mass is 9.93. The van der Waals surface area contributed by atoms with Crippen LogP contribution in [0.2, 0.25) is 0 Å². The lowest BCUT2D eigenvalue weighted by Gasteiger charge is -2.28. The summed E-state index contributed by atoms with van der Waals surface area (Å²) in [4.78, 5) is 125. The summed E-state index contributed by atoms with van der Waals surface area (Å²) in [6.07, 6.45) is -0.411. The molecule has 34 nitrogen and oxygen atoms in total. The summed E-state index contributed by atoms with van der Waals surface area (Å²) in [5, 5.41) is 49.6. The van der Waals surface area contributed by atoms with Gasteiger partial charge in [-0.3, -0.25) is 59.7 Å². The first-order valence-corrected chi connectivity index (χ1v) is 45.3. The van der Waals surface area contributed by atoms with Gasteiger partial charge in [0.1, 0.15) is 19.8 Å². The van der Waals surface area contributed by atoms with Crippen LogP contribution in [0.4, 0.5) is 73.3 Å². The predicted octanol–water partition coefficient (Wildman–Crippen LogP) is 12.7. The molecule has 6 fully saturated rings. The van der Waals surface area contributed by atoms with Crippen LogP contribution in [0.15, 0.2) is 181 Å². The SMILES string of the molecule is CS(=O)(=O)c1cccc(C(=O)Nc2nc3cc(N4CCOCC4=O)ccc3n2C2CCC(O)CC2)c1.O=C(Nc1nc2cc(N3CCCOC3=O)ccc2n1CCCO)c1cccc(C(F)F)c1.O=C(Nc1nc2cc(N3CCOCC3=O)ccc2n1C1CCC(O)CC1)c1cccc(C(F)(F)F)c1.O=C(Nc1nc2cc(N3CCOCC3=O)ccc2n1CCCO)c1ccccc1. The third kappa shape index (κ3) is 22.3. The van der Waals surface area contributed by atoms with Crippen LogP contribution in [0.1, 0.15) is 142 Å². The molecule has 4 aliphatic heterocycles. The molecule has 6 aliphatic rings. The van der Waals surface area contributed by atoms with Gasteiger partial charge >= 0.3 is 12.3 Å². The van der Waals surface area contributed by atoms with E-state index in [9.17, 15) is 89.2 Å². The fourth-order valence-electron chi connectivity index (χ4n) is 16.7. The molecule has 4 aromatic heterocycles. The average Bonchev–Trinajstić information content (AvgIpc) is 1.65. The second-order valence-corrected chi connectivity index (χ2v) is 34.5. The van der Waals surface area contributed by atoms with Gasteiger partial charge in [-0.1, -0.05) is 42.5 Å². The molecular weight excluding hydrogens is 1760 g/mol. The molecule has 2 saturated carbocycles. The van der Waals surface area contributed by atoms with Crippen LogP contribution in [0.25, 0.3) is 44.1 Å². The molecule has 8 aromatic carbocycles. The zero-order valence-corrected chi connectivity index (χ0v) is 73.0. The number of aliphatic hydroxyl groups excluding tert-OH is 4.